The van der Waals surface area contributed by atoms with Crippen LogP contribution in [0.5, 0.6) is 5.75 Å². The SMILES string of the molecule is O=C(Nc1cccc(-n2nc(C(F)(F)F)cc2-c2ccccc2)c1)c1cc(Cl)ccc1O. The fourth-order valence-electron chi connectivity index (χ4n) is 3.13. The minimum atomic E-state index is -4.62. The van der Waals surface area contributed by atoms with Gasteiger partial charge < -0.3 is 10.4 Å². The van der Waals surface area contributed by atoms with Gasteiger partial charge in [-0.3, -0.25) is 4.79 Å². The number of rotatable bonds is 4. The Hall–Kier alpha value is -3.78. The number of hydrogen-bond donors (Lipinski definition) is 2. The van der Waals surface area contributed by atoms with Crippen LogP contribution in [-0.4, -0.2) is 20.8 Å². The maximum Gasteiger partial charge on any atom is 0.435 e. The molecular weight excluding hydrogens is 443 g/mol. The van der Waals surface area contributed by atoms with Gasteiger partial charge in [-0.2, -0.15) is 18.3 Å². The van der Waals surface area contributed by atoms with Gasteiger partial charge in [0, 0.05) is 16.3 Å². The molecular formula is C23H15ClF3N3O2. The monoisotopic (exact) mass is 457 g/mol. The van der Waals surface area contributed by atoms with Crippen LogP contribution >= 0.6 is 11.6 Å². The summed E-state index contributed by atoms with van der Waals surface area (Å²) < 4.78 is 41.2. The number of amides is 1. The molecule has 3 aromatic carbocycles. The minimum absolute atomic E-state index is 0.0358. The van der Waals surface area contributed by atoms with E-state index in [9.17, 15) is 23.1 Å². The lowest BCUT2D eigenvalue weighted by atomic mass is 10.1. The maximum absolute atomic E-state index is 13.4. The van der Waals surface area contributed by atoms with Crippen molar-refractivity contribution in [2.75, 3.05) is 5.32 Å². The number of aromatic nitrogens is 2. The summed E-state index contributed by atoms with van der Waals surface area (Å²) in [6.45, 7) is 0. The predicted octanol–water partition coefficient (Wildman–Crippen LogP) is 6.17. The van der Waals surface area contributed by atoms with Crippen LogP contribution in [0.2, 0.25) is 5.02 Å². The molecule has 2 N–H and O–H groups in total. The summed E-state index contributed by atoms with van der Waals surface area (Å²) in [4.78, 5) is 12.6. The van der Waals surface area contributed by atoms with Crippen molar-refractivity contribution in [2.24, 2.45) is 0 Å². The third-order valence-corrected chi connectivity index (χ3v) is 4.86. The van der Waals surface area contributed by atoms with Crippen LogP contribution in [0.1, 0.15) is 16.1 Å². The number of benzene rings is 3. The molecule has 32 heavy (non-hydrogen) atoms. The van der Waals surface area contributed by atoms with Gasteiger partial charge in [0.15, 0.2) is 5.69 Å². The molecule has 1 aromatic heterocycles. The smallest absolute Gasteiger partial charge is 0.435 e. The summed E-state index contributed by atoms with van der Waals surface area (Å²) in [5, 5.41) is 16.6. The third-order valence-electron chi connectivity index (χ3n) is 4.62. The molecule has 4 aromatic rings. The van der Waals surface area contributed by atoms with Gasteiger partial charge in [0.2, 0.25) is 0 Å². The van der Waals surface area contributed by atoms with Crippen LogP contribution in [0.25, 0.3) is 16.9 Å². The highest BCUT2D eigenvalue weighted by molar-refractivity contribution is 6.31. The molecule has 0 aliphatic carbocycles. The molecule has 0 fully saturated rings. The molecule has 1 heterocycles. The lowest BCUT2D eigenvalue weighted by Crippen LogP contribution is -2.12. The molecule has 0 spiro atoms. The highest BCUT2D eigenvalue weighted by atomic mass is 35.5. The number of carbonyl (C=O) groups excluding carboxylic acids is 1. The standard InChI is InChI=1S/C23H15ClF3N3O2/c24-15-9-10-20(31)18(11-15)22(32)28-16-7-4-8-17(12-16)30-19(14-5-2-1-3-6-14)13-21(29-30)23(25,26)27/h1-13,31H,(H,28,32). The van der Waals surface area contributed by atoms with E-state index in [1.54, 1.807) is 48.5 Å². The molecule has 0 atom stereocenters. The number of alkyl halides is 3. The van der Waals surface area contributed by atoms with E-state index in [0.717, 1.165) is 6.07 Å². The lowest BCUT2D eigenvalue weighted by molar-refractivity contribution is -0.141. The van der Waals surface area contributed by atoms with Gasteiger partial charge in [0.25, 0.3) is 5.91 Å². The van der Waals surface area contributed by atoms with Crippen LogP contribution in [0, 0.1) is 0 Å². The highest BCUT2D eigenvalue weighted by Gasteiger charge is 2.35. The minimum Gasteiger partial charge on any atom is -0.507 e. The lowest BCUT2D eigenvalue weighted by Gasteiger charge is -2.11. The molecule has 1 amide bonds. The molecule has 4 rings (SSSR count). The van der Waals surface area contributed by atoms with E-state index in [4.69, 9.17) is 11.6 Å². The first kappa shape index (κ1) is 21.5. The molecule has 5 nitrogen and oxygen atoms in total. The fourth-order valence-corrected chi connectivity index (χ4v) is 3.31. The Labute approximate surface area is 185 Å². The van der Waals surface area contributed by atoms with Crippen molar-refractivity contribution in [3.8, 4) is 22.7 Å². The van der Waals surface area contributed by atoms with Crippen LogP contribution in [0.4, 0.5) is 18.9 Å². The first-order valence-electron chi connectivity index (χ1n) is 9.35. The Morgan fingerprint density at radius 3 is 2.44 bits per heavy atom. The van der Waals surface area contributed by atoms with Crippen LogP contribution < -0.4 is 5.32 Å². The van der Waals surface area contributed by atoms with E-state index in [2.05, 4.69) is 10.4 Å². The maximum atomic E-state index is 13.4. The second kappa shape index (κ2) is 8.39. The Morgan fingerprint density at radius 2 is 1.72 bits per heavy atom. The average Bonchev–Trinajstić information content (AvgIpc) is 3.22. The van der Waals surface area contributed by atoms with E-state index < -0.39 is 17.8 Å². The van der Waals surface area contributed by atoms with Gasteiger partial charge in [-0.05, 0) is 42.5 Å². The number of hydrogen-bond acceptors (Lipinski definition) is 3. The molecule has 0 unspecified atom stereocenters. The van der Waals surface area contributed by atoms with Crippen molar-refractivity contribution >= 4 is 23.2 Å². The number of phenols is 1. The molecule has 0 saturated heterocycles. The van der Waals surface area contributed by atoms with Crippen LogP contribution in [0.3, 0.4) is 0 Å². The predicted molar refractivity (Wildman–Crippen MR) is 115 cm³/mol. The van der Waals surface area contributed by atoms with E-state index in [-0.39, 0.29) is 22.0 Å². The highest BCUT2D eigenvalue weighted by Crippen LogP contribution is 2.33. The van der Waals surface area contributed by atoms with Gasteiger partial charge in [0.05, 0.1) is 16.9 Å². The summed E-state index contributed by atoms with van der Waals surface area (Å²) in [6.07, 6.45) is -4.62. The first-order valence-corrected chi connectivity index (χ1v) is 9.73. The fraction of sp³-hybridized carbons (Fsp3) is 0.0435. The number of phenolic OH excluding ortho intramolecular Hbond substituents is 1. The third kappa shape index (κ3) is 4.45. The molecule has 0 bridgehead atoms. The summed E-state index contributed by atoms with van der Waals surface area (Å²) in [5.41, 5.74) is 0.339. The van der Waals surface area contributed by atoms with Crippen molar-refractivity contribution in [1.82, 2.24) is 9.78 Å². The Balaban J connectivity index is 1.73. The molecule has 9 heteroatoms. The van der Waals surface area contributed by atoms with E-state index in [1.165, 1.54) is 28.9 Å². The number of nitrogens with one attached hydrogen (secondary N) is 1. The number of halogens is 4. The zero-order valence-electron chi connectivity index (χ0n) is 16.3. The van der Waals surface area contributed by atoms with Gasteiger partial charge in [-0.25, -0.2) is 4.68 Å². The van der Waals surface area contributed by atoms with Crippen LogP contribution in [0.15, 0.2) is 78.9 Å². The number of nitrogens with zero attached hydrogens (tertiary/aromatic N) is 2. The zero-order chi connectivity index (χ0) is 22.9. The Morgan fingerprint density at radius 1 is 0.969 bits per heavy atom. The van der Waals surface area contributed by atoms with E-state index in [1.807, 2.05) is 0 Å². The number of carbonyl (C=O) groups is 1. The second-order valence-electron chi connectivity index (χ2n) is 6.86. The topological polar surface area (TPSA) is 67.2 Å². The summed E-state index contributed by atoms with van der Waals surface area (Å²) >= 11 is 5.89. The van der Waals surface area contributed by atoms with E-state index >= 15 is 0 Å². The number of anilines is 1. The first-order chi connectivity index (χ1) is 15.2. The Bertz CT molecular complexity index is 1290. The average molecular weight is 458 g/mol. The second-order valence-corrected chi connectivity index (χ2v) is 7.29. The molecule has 0 aliphatic rings. The Kier molecular flexibility index (Phi) is 5.63. The zero-order valence-corrected chi connectivity index (χ0v) is 17.0. The molecule has 162 valence electrons. The van der Waals surface area contributed by atoms with Crippen molar-refractivity contribution < 1.29 is 23.1 Å². The normalized spacial score (nSPS) is 11.4. The van der Waals surface area contributed by atoms with Crippen LogP contribution in [-0.2, 0) is 6.18 Å². The van der Waals surface area contributed by atoms with E-state index in [0.29, 0.717) is 16.9 Å². The van der Waals surface area contributed by atoms with Crippen molar-refractivity contribution in [1.29, 1.82) is 0 Å². The molecule has 0 saturated carbocycles. The summed E-state index contributed by atoms with van der Waals surface area (Å²) in [7, 11) is 0. The molecule has 0 aliphatic heterocycles. The van der Waals surface area contributed by atoms with Crippen molar-refractivity contribution in [3.63, 3.8) is 0 Å². The van der Waals surface area contributed by atoms with Crippen molar-refractivity contribution in [3.05, 3.63) is 95.1 Å². The summed E-state index contributed by atoms with van der Waals surface area (Å²) in [5.74, 6) is -0.877. The van der Waals surface area contributed by atoms with Crippen molar-refractivity contribution in [2.45, 2.75) is 6.18 Å². The van der Waals surface area contributed by atoms with Gasteiger partial charge in [0.1, 0.15) is 5.75 Å². The van der Waals surface area contributed by atoms with Gasteiger partial charge >= 0.3 is 6.18 Å². The van der Waals surface area contributed by atoms with Gasteiger partial charge in [-0.15, -0.1) is 0 Å². The van der Waals surface area contributed by atoms with Gasteiger partial charge in [-0.1, -0.05) is 48.0 Å². The summed E-state index contributed by atoms with van der Waals surface area (Å²) in [6, 6.07) is 19.8. The number of aromatic hydroxyl groups is 1. The molecule has 0 radical (unpaired) electrons. The quantitative estimate of drug-likeness (QED) is 0.385. The largest absolute Gasteiger partial charge is 0.507 e.